The van der Waals surface area contributed by atoms with Crippen LogP contribution >= 0.6 is 0 Å². The van der Waals surface area contributed by atoms with Crippen molar-refractivity contribution in [1.29, 1.82) is 0 Å². The first-order valence-electron chi connectivity index (χ1n) is 5.33. The minimum absolute atomic E-state index is 0.422. The summed E-state index contributed by atoms with van der Waals surface area (Å²) in [5.74, 6) is 0.658. The SMILES string of the molecule is C/C(N=C([S-])Nc1ccccc1)=N\[N+](C)(C)C. The third-order valence-corrected chi connectivity index (χ3v) is 1.93. The van der Waals surface area contributed by atoms with Crippen molar-refractivity contribution in [2.45, 2.75) is 6.92 Å². The van der Waals surface area contributed by atoms with Crippen molar-refractivity contribution >= 4 is 29.3 Å². The topological polar surface area (TPSA) is 36.8 Å². The maximum absolute atomic E-state index is 5.14. The Labute approximate surface area is 108 Å². The second kappa shape index (κ2) is 5.75. The first kappa shape index (κ1) is 13.6. The molecular weight excluding hydrogens is 232 g/mol. The van der Waals surface area contributed by atoms with E-state index in [4.69, 9.17) is 12.6 Å². The number of hydrogen-bond donors (Lipinski definition) is 1. The minimum Gasteiger partial charge on any atom is -0.742 e. The summed E-state index contributed by atoms with van der Waals surface area (Å²) in [6, 6.07) is 9.72. The predicted octanol–water partition coefficient (Wildman–Crippen LogP) is 2.04. The number of aliphatic imine (C=N–C) groups is 1. The lowest BCUT2D eigenvalue weighted by molar-refractivity contribution is -0.877. The lowest BCUT2D eigenvalue weighted by Crippen LogP contribution is -2.28. The fourth-order valence-corrected chi connectivity index (χ4v) is 1.53. The van der Waals surface area contributed by atoms with Crippen LogP contribution in [0, 0.1) is 0 Å². The molecule has 0 fully saturated rings. The van der Waals surface area contributed by atoms with Crippen molar-refractivity contribution in [3.63, 3.8) is 0 Å². The van der Waals surface area contributed by atoms with Gasteiger partial charge in [0.05, 0.1) is 21.1 Å². The van der Waals surface area contributed by atoms with Gasteiger partial charge in [0.1, 0.15) is 0 Å². The van der Waals surface area contributed by atoms with Crippen LogP contribution in [0.4, 0.5) is 5.69 Å². The molecule has 0 atom stereocenters. The zero-order chi connectivity index (χ0) is 12.9. The van der Waals surface area contributed by atoms with Crippen molar-refractivity contribution in [2.75, 3.05) is 26.5 Å². The molecule has 0 aliphatic rings. The zero-order valence-electron chi connectivity index (χ0n) is 10.6. The molecule has 0 saturated heterocycles. The molecule has 0 aliphatic heterocycles. The van der Waals surface area contributed by atoms with Gasteiger partial charge in [-0.15, -0.1) is 0 Å². The molecule has 0 aromatic heterocycles. The van der Waals surface area contributed by atoms with Crippen molar-refractivity contribution in [1.82, 2.24) is 0 Å². The third kappa shape index (κ3) is 5.99. The highest BCUT2D eigenvalue weighted by atomic mass is 32.1. The van der Waals surface area contributed by atoms with Crippen LogP contribution in [-0.4, -0.2) is 36.7 Å². The van der Waals surface area contributed by atoms with Crippen molar-refractivity contribution in [3.05, 3.63) is 30.3 Å². The van der Waals surface area contributed by atoms with Gasteiger partial charge in [0.15, 0.2) is 5.84 Å². The van der Waals surface area contributed by atoms with E-state index in [2.05, 4.69) is 15.4 Å². The van der Waals surface area contributed by atoms with Gasteiger partial charge in [-0.3, -0.25) is 0 Å². The maximum Gasteiger partial charge on any atom is 0.180 e. The molecule has 5 heteroatoms. The van der Waals surface area contributed by atoms with Crippen LogP contribution in [0.1, 0.15) is 6.92 Å². The normalized spacial score (nSPS) is 13.6. The Balaban J connectivity index is 2.71. The number of hydrogen-bond acceptors (Lipinski definition) is 2. The molecule has 0 radical (unpaired) electrons. The van der Waals surface area contributed by atoms with E-state index in [9.17, 15) is 0 Å². The highest BCUT2D eigenvalue weighted by Gasteiger charge is 2.03. The number of anilines is 1. The van der Waals surface area contributed by atoms with Crippen LogP contribution in [0.2, 0.25) is 0 Å². The molecule has 0 bridgehead atoms. The monoisotopic (exact) mass is 250 g/mol. The van der Waals surface area contributed by atoms with E-state index >= 15 is 0 Å². The lowest BCUT2D eigenvalue weighted by Gasteiger charge is -2.17. The van der Waals surface area contributed by atoms with Crippen molar-refractivity contribution < 1.29 is 4.59 Å². The van der Waals surface area contributed by atoms with E-state index < -0.39 is 0 Å². The molecule has 1 aromatic rings. The van der Waals surface area contributed by atoms with E-state index in [0.717, 1.165) is 5.69 Å². The summed E-state index contributed by atoms with van der Waals surface area (Å²) >= 11 is 5.14. The van der Waals surface area contributed by atoms with Crippen LogP contribution in [0.3, 0.4) is 0 Å². The Hall–Kier alpha value is -1.46. The zero-order valence-corrected chi connectivity index (χ0v) is 11.5. The number of nitrogens with one attached hydrogen (secondary N) is 1. The maximum atomic E-state index is 5.14. The summed E-state index contributed by atoms with van der Waals surface area (Å²) in [5.41, 5.74) is 0.930. The second-order valence-electron chi connectivity index (χ2n) is 4.50. The second-order valence-corrected chi connectivity index (χ2v) is 4.88. The van der Waals surface area contributed by atoms with Crippen LogP contribution in [-0.2, 0) is 12.6 Å². The van der Waals surface area contributed by atoms with Crippen LogP contribution in [0.5, 0.6) is 0 Å². The molecule has 92 valence electrons. The van der Waals surface area contributed by atoms with Gasteiger partial charge in [-0.2, -0.15) is 0 Å². The summed E-state index contributed by atoms with van der Waals surface area (Å²) in [4.78, 5) is 4.21. The Morgan fingerprint density at radius 1 is 1.18 bits per heavy atom. The molecule has 17 heavy (non-hydrogen) atoms. The lowest BCUT2D eigenvalue weighted by atomic mass is 10.3. The van der Waals surface area contributed by atoms with Crippen LogP contribution in [0.15, 0.2) is 40.4 Å². The molecule has 0 saturated carbocycles. The van der Waals surface area contributed by atoms with Gasteiger partial charge in [0, 0.05) is 12.6 Å². The molecule has 0 unspecified atom stereocenters. The van der Waals surface area contributed by atoms with Gasteiger partial charge in [-0.05, 0) is 17.3 Å². The van der Waals surface area contributed by atoms with Gasteiger partial charge in [0.2, 0.25) is 0 Å². The van der Waals surface area contributed by atoms with Gasteiger partial charge in [0.25, 0.3) is 0 Å². The Morgan fingerprint density at radius 3 is 2.29 bits per heavy atom. The minimum atomic E-state index is 0.422. The molecule has 0 heterocycles. The van der Waals surface area contributed by atoms with E-state index in [-0.39, 0.29) is 0 Å². The average molecular weight is 250 g/mol. The molecule has 1 rings (SSSR count). The van der Waals surface area contributed by atoms with Gasteiger partial charge in [-0.1, -0.05) is 23.3 Å². The van der Waals surface area contributed by atoms with Crippen molar-refractivity contribution in [2.24, 2.45) is 10.1 Å². The summed E-state index contributed by atoms with van der Waals surface area (Å²) in [6.45, 7) is 1.84. The number of para-hydroxylation sites is 1. The van der Waals surface area contributed by atoms with Crippen molar-refractivity contribution in [3.8, 4) is 0 Å². The van der Waals surface area contributed by atoms with Gasteiger partial charge < -0.3 is 17.9 Å². The summed E-state index contributed by atoms with van der Waals surface area (Å²) in [6.07, 6.45) is 0. The third-order valence-electron chi connectivity index (χ3n) is 1.73. The van der Waals surface area contributed by atoms with E-state index in [0.29, 0.717) is 15.6 Å². The Bertz CT molecular complexity index is 418. The molecule has 0 amide bonds. The first-order valence-corrected chi connectivity index (χ1v) is 5.74. The highest BCUT2D eigenvalue weighted by Crippen LogP contribution is 2.04. The smallest absolute Gasteiger partial charge is 0.180 e. The highest BCUT2D eigenvalue weighted by molar-refractivity contribution is 7.77. The van der Waals surface area contributed by atoms with E-state index in [1.807, 2.05) is 58.4 Å². The van der Waals surface area contributed by atoms with Gasteiger partial charge in [-0.25, -0.2) is 9.58 Å². The van der Waals surface area contributed by atoms with Crippen LogP contribution < -0.4 is 5.32 Å². The molecule has 0 spiro atoms. The number of amidine groups is 2. The Morgan fingerprint density at radius 2 is 1.76 bits per heavy atom. The van der Waals surface area contributed by atoms with E-state index in [1.165, 1.54) is 0 Å². The summed E-state index contributed by atoms with van der Waals surface area (Å²) < 4.78 is 0.475. The number of rotatable bonds is 2. The Kier molecular flexibility index (Phi) is 4.60. The fourth-order valence-electron chi connectivity index (χ4n) is 1.28. The number of nitrogens with zero attached hydrogens (tertiary/aromatic N) is 3. The quantitative estimate of drug-likeness (QED) is 0.287. The standard InChI is InChI=1S/C12H18N4S/c1-10(15-16(2,3)4)13-12(17)14-11-8-6-5-7-9-11/h5-9H,1-4H3,(H-,13,14,15,17). The molecule has 1 N–H and O–H groups in total. The molecule has 1 aromatic carbocycles. The summed E-state index contributed by atoms with van der Waals surface area (Å²) in [7, 11) is 5.89. The first-order chi connectivity index (χ1) is 7.87. The van der Waals surface area contributed by atoms with Crippen LogP contribution in [0.25, 0.3) is 0 Å². The molecule has 0 aliphatic carbocycles. The molecule has 4 nitrogen and oxygen atoms in total. The fraction of sp³-hybridized carbons (Fsp3) is 0.333. The number of quaternary nitrogens is 1. The largest absolute Gasteiger partial charge is 0.742 e. The van der Waals surface area contributed by atoms with Gasteiger partial charge >= 0.3 is 0 Å². The molecular formula is C12H18N4S. The van der Waals surface area contributed by atoms with E-state index in [1.54, 1.807) is 0 Å². The number of benzene rings is 1. The summed E-state index contributed by atoms with van der Waals surface area (Å²) in [5, 5.41) is 7.81. The predicted molar refractivity (Wildman–Crippen MR) is 76.0 cm³/mol. The average Bonchev–Trinajstić information content (AvgIpc) is 2.15.